The third-order valence-corrected chi connectivity index (χ3v) is 6.13. The zero-order valence-corrected chi connectivity index (χ0v) is 13.7. The van der Waals surface area contributed by atoms with Crippen LogP contribution in [0.3, 0.4) is 0 Å². The predicted molar refractivity (Wildman–Crippen MR) is 86.0 cm³/mol. The topological polar surface area (TPSA) is 49.6 Å². The lowest BCUT2D eigenvalue weighted by Gasteiger charge is -2.42. The quantitative estimate of drug-likeness (QED) is 0.855. The normalized spacial score (nSPS) is 30.2. The minimum atomic E-state index is 0.211. The van der Waals surface area contributed by atoms with Crippen molar-refractivity contribution >= 4 is 17.7 Å². The highest BCUT2D eigenvalue weighted by Gasteiger charge is 2.32. The molecule has 2 rings (SSSR count). The highest BCUT2D eigenvalue weighted by atomic mass is 32.2. The van der Waals surface area contributed by atoms with Crippen LogP contribution in [0.15, 0.2) is 0 Å². The molecule has 0 saturated carbocycles. The van der Waals surface area contributed by atoms with E-state index in [0.29, 0.717) is 30.2 Å². The van der Waals surface area contributed by atoms with E-state index in [1.54, 1.807) is 0 Å². The molecule has 3 unspecified atom stereocenters. The van der Waals surface area contributed by atoms with Crippen molar-refractivity contribution in [1.82, 2.24) is 9.80 Å². The van der Waals surface area contributed by atoms with Gasteiger partial charge in [0.15, 0.2) is 0 Å². The van der Waals surface area contributed by atoms with Crippen molar-refractivity contribution in [3.63, 3.8) is 0 Å². The first kappa shape index (κ1) is 16.1. The molecular weight excluding hydrogens is 270 g/mol. The summed E-state index contributed by atoms with van der Waals surface area (Å²) in [6, 6.07) is 0.722. The van der Waals surface area contributed by atoms with Gasteiger partial charge in [0, 0.05) is 55.7 Å². The van der Waals surface area contributed by atoms with Crippen molar-refractivity contribution in [2.75, 3.05) is 31.9 Å². The van der Waals surface area contributed by atoms with Crippen molar-refractivity contribution < 1.29 is 4.79 Å². The molecule has 2 saturated heterocycles. The second-order valence-corrected chi connectivity index (χ2v) is 7.57. The molecule has 0 aromatic rings. The molecule has 2 aliphatic heterocycles. The number of carbonyl (C=O) groups excluding carboxylic acids is 1. The van der Waals surface area contributed by atoms with Gasteiger partial charge >= 0.3 is 0 Å². The fourth-order valence-corrected chi connectivity index (χ4v) is 4.40. The molecule has 0 radical (unpaired) electrons. The Morgan fingerprint density at radius 1 is 1.25 bits per heavy atom. The Hall–Kier alpha value is -0.260. The maximum absolute atomic E-state index is 12.4. The fourth-order valence-electron chi connectivity index (χ4n) is 3.28. The summed E-state index contributed by atoms with van der Waals surface area (Å²) in [5.41, 5.74) is 5.97. The average Bonchev–Trinajstić information content (AvgIpc) is 2.48. The van der Waals surface area contributed by atoms with Crippen LogP contribution in [-0.4, -0.2) is 65.0 Å². The van der Waals surface area contributed by atoms with E-state index in [0.717, 1.165) is 38.2 Å². The number of hydrogen-bond acceptors (Lipinski definition) is 4. The maximum Gasteiger partial charge on any atom is 0.224 e. The molecule has 2 aliphatic rings. The third-order valence-electron chi connectivity index (χ3n) is 4.79. The summed E-state index contributed by atoms with van der Waals surface area (Å²) in [5.74, 6) is 1.46. The van der Waals surface area contributed by atoms with Crippen molar-refractivity contribution in [2.24, 2.45) is 5.73 Å². The molecule has 1 amide bonds. The van der Waals surface area contributed by atoms with Gasteiger partial charge in [0.2, 0.25) is 5.91 Å². The second-order valence-electron chi connectivity index (χ2n) is 6.09. The molecule has 0 aromatic heterocycles. The van der Waals surface area contributed by atoms with Gasteiger partial charge in [0.25, 0.3) is 0 Å². The second kappa shape index (κ2) is 7.66. The van der Waals surface area contributed by atoms with Crippen LogP contribution >= 0.6 is 11.8 Å². The molecule has 20 heavy (non-hydrogen) atoms. The summed E-state index contributed by atoms with van der Waals surface area (Å²) in [5, 5.41) is 0.628. The van der Waals surface area contributed by atoms with Gasteiger partial charge in [-0.1, -0.05) is 6.92 Å². The highest BCUT2D eigenvalue weighted by molar-refractivity contribution is 8.00. The van der Waals surface area contributed by atoms with E-state index in [4.69, 9.17) is 5.73 Å². The minimum Gasteiger partial charge on any atom is -0.343 e. The predicted octanol–water partition coefficient (Wildman–Crippen LogP) is 1.54. The summed E-state index contributed by atoms with van der Waals surface area (Å²) >= 11 is 2.03. The van der Waals surface area contributed by atoms with Gasteiger partial charge in [-0.25, -0.2) is 0 Å². The summed E-state index contributed by atoms with van der Waals surface area (Å²) in [4.78, 5) is 16.9. The van der Waals surface area contributed by atoms with E-state index in [1.807, 2.05) is 16.7 Å². The molecule has 116 valence electrons. The smallest absolute Gasteiger partial charge is 0.224 e. The fraction of sp³-hybridized carbons (Fsp3) is 0.933. The summed E-state index contributed by atoms with van der Waals surface area (Å²) in [6.45, 7) is 8.08. The lowest BCUT2D eigenvalue weighted by molar-refractivity contribution is -0.133. The SMILES string of the molecule is CC1SCCN(C(CN)CC(=O)N2CCCCC2)C1C. The summed E-state index contributed by atoms with van der Waals surface area (Å²) in [7, 11) is 0. The van der Waals surface area contributed by atoms with E-state index in [2.05, 4.69) is 18.7 Å². The van der Waals surface area contributed by atoms with E-state index in [-0.39, 0.29) is 6.04 Å². The molecule has 0 spiro atoms. The minimum absolute atomic E-state index is 0.211. The van der Waals surface area contributed by atoms with Crippen molar-refractivity contribution in [3.05, 3.63) is 0 Å². The van der Waals surface area contributed by atoms with Crippen LogP contribution in [0.4, 0.5) is 0 Å². The number of nitrogens with two attached hydrogens (primary N) is 1. The van der Waals surface area contributed by atoms with Gasteiger partial charge in [-0.3, -0.25) is 9.69 Å². The van der Waals surface area contributed by atoms with E-state index >= 15 is 0 Å². The van der Waals surface area contributed by atoms with E-state index in [1.165, 1.54) is 6.42 Å². The average molecular weight is 299 g/mol. The van der Waals surface area contributed by atoms with Gasteiger partial charge in [-0.05, 0) is 26.2 Å². The van der Waals surface area contributed by atoms with Crippen LogP contribution in [0.2, 0.25) is 0 Å². The Bertz CT molecular complexity index is 320. The zero-order valence-electron chi connectivity index (χ0n) is 12.9. The van der Waals surface area contributed by atoms with Crippen molar-refractivity contribution in [2.45, 2.75) is 56.9 Å². The van der Waals surface area contributed by atoms with Crippen molar-refractivity contribution in [3.8, 4) is 0 Å². The Morgan fingerprint density at radius 2 is 1.95 bits per heavy atom. The molecule has 2 fully saturated rings. The number of hydrogen-bond donors (Lipinski definition) is 1. The van der Waals surface area contributed by atoms with Crippen LogP contribution in [0.25, 0.3) is 0 Å². The van der Waals surface area contributed by atoms with Crippen LogP contribution in [0.1, 0.15) is 39.5 Å². The van der Waals surface area contributed by atoms with Crippen LogP contribution < -0.4 is 5.73 Å². The Morgan fingerprint density at radius 3 is 2.60 bits per heavy atom. The Kier molecular flexibility index (Phi) is 6.18. The number of piperidine rings is 1. The molecule has 3 atom stereocenters. The van der Waals surface area contributed by atoms with Crippen LogP contribution in [0, 0.1) is 0 Å². The standard InChI is InChI=1S/C15H29N3OS/c1-12-13(2)20-9-8-18(12)14(11-16)10-15(19)17-6-4-3-5-7-17/h12-14H,3-11,16H2,1-2H3. The third kappa shape index (κ3) is 3.89. The van der Waals surface area contributed by atoms with Gasteiger partial charge < -0.3 is 10.6 Å². The van der Waals surface area contributed by atoms with Crippen LogP contribution in [-0.2, 0) is 4.79 Å². The first-order valence-corrected chi connectivity index (χ1v) is 9.03. The molecule has 5 heteroatoms. The number of nitrogens with zero attached hydrogens (tertiary/aromatic N) is 2. The van der Waals surface area contributed by atoms with Gasteiger partial charge in [-0.15, -0.1) is 0 Å². The molecule has 0 aliphatic carbocycles. The monoisotopic (exact) mass is 299 g/mol. The number of rotatable bonds is 4. The number of likely N-dealkylation sites (tertiary alicyclic amines) is 1. The lowest BCUT2D eigenvalue weighted by Crippen LogP contribution is -2.54. The molecule has 4 nitrogen and oxygen atoms in total. The number of amides is 1. The molecular formula is C15H29N3OS. The van der Waals surface area contributed by atoms with Gasteiger partial charge in [0.05, 0.1) is 0 Å². The largest absolute Gasteiger partial charge is 0.343 e. The van der Waals surface area contributed by atoms with Crippen LogP contribution in [0.5, 0.6) is 0 Å². The number of carbonyl (C=O) groups is 1. The molecule has 2 heterocycles. The van der Waals surface area contributed by atoms with Crippen molar-refractivity contribution in [1.29, 1.82) is 0 Å². The lowest BCUT2D eigenvalue weighted by atomic mass is 10.1. The maximum atomic E-state index is 12.4. The Labute approximate surface area is 127 Å². The Balaban J connectivity index is 1.92. The molecule has 0 bridgehead atoms. The number of thioether (sulfide) groups is 1. The zero-order chi connectivity index (χ0) is 14.5. The van der Waals surface area contributed by atoms with E-state index < -0.39 is 0 Å². The highest BCUT2D eigenvalue weighted by Crippen LogP contribution is 2.26. The molecule has 0 aromatic carbocycles. The van der Waals surface area contributed by atoms with Gasteiger partial charge in [0.1, 0.15) is 0 Å². The van der Waals surface area contributed by atoms with E-state index in [9.17, 15) is 4.79 Å². The first-order chi connectivity index (χ1) is 9.63. The van der Waals surface area contributed by atoms with Gasteiger partial charge in [-0.2, -0.15) is 11.8 Å². The summed E-state index contributed by atoms with van der Waals surface area (Å²) in [6.07, 6.45) is 4.18. The summed E-state index contributed by atoms with van der Waals surface area (Å²) < 4.78 is 0. The first-order valence-electron chi connectivity index (χ1n) is 7.98. The molecule has 2 N–H and O–H groups in total.